The van der Waals surface area contributed by atoms with E-state index in [0.29, 0.717) is 27.0 Å². The number of allylic oxidation sites excluding steroid dienone is 1. The largest absolute Gasteiger partial charge is 0.465 e. The Kier molecular flexibility index (Phi) is 5.40. The minimum atomic E-state index is -0.577. The number of halogens is 2. The Bertz CT molecular complexity index is 991. The summed E-state index contributed by atoms with van der Waals surface area (Å²) in [7, 11) is 1.29. The van der Waals surface area contributed by atoms with Crippen molar-refractivity contribution >= 4 is 46.8 Å². The van der Waals surface area contributed by atoms with Crippen molar-refractivity contribution < 1.29 is 14.3 Å². The summed E-state index contributed by atoms with van der Waals surface area (Å²) in [5.74, 6) is -0.894. The standard InChI is InChI=1S/C21H17Cl2NO3/c1-12-4-8-16(9-5-12)24-13(2)19(21(26)27-3)17(20(24)25)10-14-6-7-15(22)11-18(14)23/h4-11H,1-3H3/b17-10-. The monoisotopic (exact) mass is 401 g/mol. The molecule has 0 spiro atoms. The van der Waals surface area contributed by atoms with Gasteiger partial charge in [-0.1, -0.05) is 47.0 Å². The first-order valence-electron chi connectivity index (χ1n) is 8.21. The molecule has 3 rings (SSSR count). The number of methoxy groups -OCH3 is 1. The first kappa shape index (κ1) is 19.2. The van der Waals surface area contributed by atoms with Crippen molar-refractivity contribution in [3.8, 4) is 0 Å². The SMILES string of the molecule is COC(=O)C1=C(C)N(c2ccc(C)cc2)C(=O)/C1=C\c1ccc(Cl)cc1Cl. The number of esters is 1. The maximum Gasteiger partial charge on any atom is 0.340 e. The lowest BCUT2D eigenvalue weighted by atomic mass is 10.0. The molecule has 138 valence electrons. The lowest BCUT2D eigenvalue weighted by Crippen LogP contribution is -2.24. The van der Waals surface area contributed by atoms with Gasteiger partial charge in [-0.15, -0.1) is 0 Å². The summed E-state index contributed by atoms with van der Waals surface area (Å²) in [5.41, 5.74) is 3.29. The maximum absolute atomic E-state index is 13.2. The smallest absolute Gasteiger partial charge is 0.340 e. The fourth-order valence-corrected chi connectivity index (χ4v) is 3.42. The Labute approximate surface area is 167 Å². The van der Waals surface area contributed by atoms with Gasteiger partial charge in [0.1, 0.15) is 0 Å². The number of aryl methyl sites for hydroxylation is 1. The second-order valence-electron chi connectivity index (χ2n) is 6.15. The van der Waals surface area contributed by atoms with Crippen molar-refractivity contribution in [3.05, 3.63) is 80.5 Å². The molecule has 2 aromatic rings. The molecule has 1 amide bonds. The Morgan fingerprint density at radius 1 is 1.07 bits per heavy atom. The molecule has 0 aromatic heterocycles. The minimum Gasteiger partial charge on any atom is -0.465 e. The first-order chi connectivity index (χ1) is 12.8. The summed E-state index contributed by atoms with van der Waals surface area (Å²) >= 11 is 12.2. The van der Waals surface area contributed by atoms with Crippen LogP contribution < -0.4 is 4.90 Å². The predicted octanol–water partition coefficient (Wildman–Crippen LogP) is 5.18. The summed E-state index contributed by atoms with van der Waals surface area (Å²) in [4.78, 5) is 27.0. The highest BCUT2D eigenvalue weighted by Gasteiger charge is 2.37. The van der Waals surface area contributed by atoms with Crippen molar-refractivity contribution in [3.63, 3.8) is 0 Å². The van der Waals surface area contributed by atoms with Gasteiger partial charge in [0.2, 0.25) is 0 Å². The number of benzene rings is 2. The molecule has 1 aliphatic heterocycles. The topological polar surface area (TPSA) is 46.6 Å². The molecular weight excluding hydrogens is 385 g/mol. The van der Waals surface area contributed by atoms with E-state index in [-0.39, 0.29) is 17.1 Å². The molecule has 6 heteroatoms. The van der Waals surface area contributed by atoms with Crippen LogP contribution in [0, 0.1) is 6.92 Å². The van der Waals surface area contributed by atoms with Crippen molar-refractivity contribution in [2.24, 2.45) is 0 Å². The summed E-state index contributed by atoms with van der Waals surface area (Å²) in [6, 6.07) is 12.4. The highest BCUT2D eigenvalue weighted by Crippen LogP contribution is 2.36. The Balaban J connectivity index is 2.15. The van der Waals surface area contributed by atoms with Crippen LogP contribution in [-0.4, -0.2) is 19.0 Å². The van der Waals surface area contributed by atoms with Crippen molar-refractivity contribution in [1.82, 2.24) is 0 Å². The predicted molar refractivity (Wildman–Crippen MR) is 108 cm³/mol. The molecule has 0 fully saturated rings. The van der Waals surface area contributed by atoms with Crippen LogP contribution >= 0.6 is 23.2 Å². The zero-order valence-corrected chi connectivity index (χ0v) is 16.6. The van der Waals surface area contributed by atoms with Crippen molar-refractivity contribution in [1.29, 1.82) is 0 Å². The van der Waals surface area contributed by atoms with E-state index in [4.69, 9.17) is 27.9 Å². The van der Waals surface area contributed by atoms with Crippen molar-refractivity contribution in [2.75, 3.05) is 12.0 Å². The molecule has 2 aromatic carbocycles. The first-order valence-corrected chi connectivity index (χ1v) is 8.96. The van der Waals surface area contributed by atoms with E-state index in [0.717, 1.165) is 5.56 Å². The molecule has 1 aliphatic rings. The van der Waals surface area contributed by atoms with E-state index in [9.17, 15) is 9.59 Å². The van der Waals surface area contributed by atoms with Gasteiger partial charge in [0.15, 0.2) is 0 Å². The average molecular weight is 402 g/mol. The number of carbonyl (C=O) groups is 2. The molecule has 0 saturated heterocycles. The van der Waals surface area contributed by atoms with Crippen LogP contribution in [0.1, 0.15) is 18.1 Å². The van der Waals surface area contributed by atoms with Gasteiger partial charge in [-0.25, -0.2) is 4.79 Å². The third kappa shape index (κ3) is 3.64. The summed E-state index contributed by atoms with van der Waals surface area (Å²) in [6.07, 6.45) is 1.59. The normalized spacial score (nSPS) is 15.7. The second-order valence-corrected chi connectivity index (χ2v) is 7.00. The van der Waals surface area contributed by atoms with E-state index < -0.39 is 5.97 Å². The Morgan fingerprint density at radius 2 is 1.74 bits per heavy atom. The molecule has 1 heterocycles. The molecule has 0 unspecified atom stereocenters. The lowest BCUT2D eigenvalue weighted by molar-refractivity contribution is -0.136. The average Bonchev–Trinajstić information content (AvgIpc) is 2.88. The molecule has 0 atom stereocenters. The van der Waals surface area contributed by atoms with Crippen LogP contribution in [-0.2, 0) is 14.3 Å². The van der Waals surface area contributed by atoms with E-state index in [2.05, 4.69) is 0 Å². The number of nitrogens with zero attached hydrogens (tertiary/aromatic N) is 1. The number of hydrogen-bond acceptors (Lipinski definition) is 3. The Morgan fingerprint density at radius 3 is 2.33 bits per heavy atom. The van der Waals surface area contributed by atoms with E-state index >= 15 is 0 Å². The van der Waals surface area contributed by atoms with Gasteiger partial charge in [-0.2, -0.15) is 0 Å². The number of amides is 1. The summed E-state index contributed by atoms with van der Waals surface area (Å²) in [5, 5.41) is 0.875. The number of anilines is 1. The molecule has 27 heavy (non-hydrogen) atoms. The summed E-state index contributed by atoms with van der Waals surface area (Å²) in [6.45, 7) is 3.68. The third-order valence-corrected chi connectivity index (χ3v) is 4.91. The minimum absolute atomic E-state index is 0.217. The van der Waals surface area contributed by atoms with Crippen LogP contribution in [0.15, 0.2) is 59.3 Å². The third-order valence-electron chi connectivity index (χ3n) is 4.34. The van der Waals surface area contributed by atoms with Gasteiger partial charge in [-0.05, 0) is 49.8 Å². The lowest BCUT2D eigenvalue weighted by Gasteiger charge is -2.18. The van der Waals surface area contributed by atoms with Crippen LogP contribution in [0.4, 0.5) is 5.69 Å². The van der Waals surface area contributed by atoms with Gasteiger partial charge in [0.05, 0.1) is 18.3 Å². The molecule has 0 bridgehead atoms. The van der Waals surface area contributed by atoms with Gasteiger partial charge in [-0.3, -0.25) is 9.69 Å². The van der Waals surface area contributed by atoms with Crippen LogP contribution in [0.25, 0.3) is 6.08 Å². The molecular formula is C21H17Cl2NO3. The fraction of sp³-hybridized carbons (Fsp3) is 0.143. The zero-order valence-electron chi connectivity index (χ0n) is 15.0. The summed E-state index contributed by atoms with van der Waals surface area (Å²) < 4.78 is 4.90. The van der Waals surface area contributed by atoms with Crippen LogP contribution in [0.2, 0.25) is 10.0 Å². The molecule has 0 saturated carbocycles. The molecule has 4 nitrogen and oxygen atoms in total. The second kappa shape index (κ2) is 7.59. The van der Waals surface area contributed by atoms with E-state index in [1.54, 1.807) is 31.2 Å². The number of rotatable bonds is 3. The number of ether oxygens (including phenoxy) is 1. The maximum atomic E-state index is 13.2. The molecule has 0 N–H and O–H groups in total. The van der Waals surface area contributed by atoms with Gasteiger partial charge >= 0.3 is 5.97 Å². The number of carbonyl (C=O) groups excluding carboxylic acids is 2. The fourth-order valence-electron chi connectivity index (χ4n) is 2.96. The number of hydrogen-bond donors (Lipinski definition) is 0. The quantitative estimate of drug-likeness (QED) is 0.525. The molecule has 0 radical (unpaired) electrons. The highest BCUT2D eigenvalue weighted by atomic mass is 35.5. The van der Waals surface area contributed by atoms with E-state index in [1.807, 2.05) is 31.2 Å². The van der Waals surface area contributed by atoms with Gasteiger partial charge < -0.3 is 4.74 Å². The van der Waals surface area contributed by atoms with E-state index in [1.165, 1.54) is 12.0 Å². The van der Waals surface area contributed by atoms with Crippen LogP contribution in [0.5, 0.6) is 0 Å². The molecule has 0 aliphatic carbocycles. The van der Waals surface area contributed by atoms with Gasteiger partial charge in [0.25, 0.3) is 5.91 Å². The Hall–Kier alpha value is -2.56. The zero-order chi connectivity index (χ0) is 19.7. The van der Waals surface area contributed by atoms with Crippen molar-refractivity contribution in [2.45, 2.75) is 13.8 Å². The van der Waals surface area contributed by atoms with Crippen LogP contribution in [0.3, 0.4) is 0 Å². The van der Waals surface area contributed by atoms with Gasteiger partial charge in [0, 0.05) is 21.4 Å². The highest BCUT2D eigenvalue weighted by molar-refractivity contribution is 6.36.